The Morgan fingerprint density at radius 2 is 2.04 bits per heavy atom. The van der Waals surface area contributed by atoms with Gasteiger partial charge in [0, 0.05) is 32.0 Å². The monoisotopic (exact) mass is 409 g/mol. The second kappa shape index (κ2) is 7.40. The van der Waals surface area contributed by atoms with E-state index in [4.69, 9.17) is 4.74 Å². The molecule has 2 aliphatic rings. The third-order valence-corrected chi connectivity index (χ3v) is 4.33. The fourth-order valence-corrected chi connectivity index (χ4v) is 3.25. The molecule has 2 fully saturated rings. The van der Waals surface area contributed by atoms with Crippen molar-refractivity contribution in [2.45, 2.75) is 37.6 Å². The first-order valence-electron chi connectivity index (χ1n) is 8.38. The smallest absolute Gasteiger partial charge is 0.409 e. The zero-order valence-corrected chi connectivity index (χ0v) is 14.4. The molecule has 12 heteroatoms. The van der Waals surface area contributed by atoms with E-state index in [9.17, 15) is 31.5 Å². The van der Waals surface area contributed by atoms with E-state index in [1.54, 1.807) is 0 Å². The number of piperidine rings is 1. The van der Waals surface area contributed by atoms with Crippen molar-refractivity contribution in [1.29, 1.82) is 0 Å². The number of pyridine rings is 1. The van der Waals surface area contributed by atoms with Crippen LogP contribution in [-0.2, 0) is 4.79 Å². The predicted molar refractivity (Wildman–Crippen MR) is 82.8 cm³/mol. The second-order valence-corrected chi connectivity index (χ2v) is 6.53. The van der Waals surface area contributed by atoms with Gasteiger partial charge in [-0.15, -0.1) is 13.2 Å². The summed E-state index contributed by atoms with van der Waals surface area (Å²) in [4.78, 5) is 29.5. The molecule has 1 atom stereocenters. The van der Waals surface area contributed by atoms with E-state index in [2.05, 4.69) is 9.72 Å². The first-order chi connectivity index (χ1) is 13.0. The SMILES string of the molecule is O=C(Oc1ccc(OC(F)(F)F)nc1)N1C[C@H](N2CCCC2=O)CC(F)(F)C1. The molecule has 2 amide bonds. The third-order valence-electron chi connectivity index (χ3n) is 4.33. The summed E-state index contributed by atoms with van der Waals surface area (Å²) in [6, 6.07) is 0.995. The van der Waals surface area contributed by atoms with E-state index >= 15 is 0 Å². The van der Waals surface area contributed by atoms with Gasteiger partial charge in [-0.25, -0.2) is 18.6 Å². The van der Waals surface area contributed by atoms with Crippen LogP contribution in [0, 0.1) is 0 Å². The molecule has 3 heterocycles. The lowest BCUT2D eigenvalue weighted by atomic mass is 10.0. The van der Waals surface area contributed by atoms with E-state index in [0.29, 0.717) is 13.0 Å². The maximum Gasteiger partial charge on any atom is 0.574 e. The Balaban J connectivity index is 1.65. The third kappa shape index (κ3) is 4.98. The van der Waals surface area contributed by atoms with E-state index in [1.165, 1.54) is 4.90 Å². The minimum absolute atomic E-state index is 0.122. The molecule has 2 aliphatic heterocycles. The Morgan fingerprint density at radius 3 is 2.61 bits per heavy atom. The van der Waals surface area contributed by atoms with Gasteiger partial charge in [0.25, 0.3) is 5.92 Å². The normalized spacial score (nSPS) is 22.3. The van der Waals surface area contributed by atoms with Gasteiger partial charge in [-0.05, 0) is 12.5 Å². The highest BCUT2D eigenvalue weighted by atomic mass is 19.4. The summed E-state index contributed by atoms with van der Waals surface area (Å²) in [5.41, 5.74) is 0. The van der Waals surface area contributed by atoms with Gasteiger partial charge in [-0.2, -0.15) is 0 Å². The molecule has 0 spiro atoms. The minimum Gasteiger partial charge on any atom is -0.409 e. The number of alkyl halides is 5. The summed E-state index contributed by atoms with van der Waals surface area (Å²) in [5, 5.41) is 0. The van der Waals surface area contributed by atoms with Crippen LogP contribution in [0.2, 0.25) is 0 Å². The topological polar surface area (TPSA) is 72.0 Å². The van der Waals surface area contributed by atoms with Crippen molar-refractivity contribution >= 4 is 12.0 Å². The predicted octanol–water partition coefficient (Wildman–Crippen LogP) is 2.81. The van der Waals surface area contributed by atoms with Crippen molar-refractivity contribution < 1.29 is 41.0 Å². The quantitative estimate of drug-likeness (QED) is 0.718. The molecule has 7 nitrogen and oxygen atoms in total. The highest BCUT2D eigenvalue weighted by molar-refractivity contribution is 5.78. The van der Waals surface area contributed by atoms with Crippen molar-refractivity contribution in [3.63, 3.8) is 0 Å². The van der Waals surface area contributed by atoms with Gasteiger partial charge in [-0.3, -0.25) is 9.69 Å². The summed E-state index contributed by atoms with van der Waals surface area (Å²) in [6.07, 6.45) is -4.92. The van der Waals surface area contributed by atoms with Crippen molar-refractivity contribution in [3.05, 3.63) is 18.3 Å². The lowest BCUT2D eigenvalue weighted by Gasteiger charge is -2.40. The Morgan fingerprint density at radius 1 is 1.29 bits per heavy atom. The first kappa shape index (κ1) is 20.1. The van der Waals surface area contributed by atoms with Gasteiger partial charge in [0.1, 0.15) is 0 Å². The van der Waals surface area contributed by atoms with Gasteiger partial charge in [-0.1, -0.05) is 0 Å². The molecular weight excluding hydrogens is 393 g/mol. The van der Waals surface area contributed by atoms with Crippen molar-refractivity contribution in [2.24, 2.45) is 0 Å². The summed E-state index contributed by atoms with van der Waals surface area (Å²) in [7, 11) is 0. The van der Waals surface area contributed by atoms with Gasteiger partial charge in [0.2, 0.25) is 11.8 Å². The van der Waals surface area contributed by atoms with E-state index in [0.717, 1.165) is 23.2 Å². The van der Waals surface area contributed by atoms with Crippen molar-refractivity contribution in [2.75, 3.05) is 19.6 Å². The molecule has 1 aromatic rings. The van der Waals surface area contributed by atoms with Gasteiger partial charge in [0.15, 0.2) is 5.75 Å². The van der Waals surface area contributed by atoms with E-state index in [1.807, 2.05) is 0 Å². The lowest BCUT2D eigenvalue weighted by molar-refractivity contribution is -0.276. The second-order valence-electron chi connectivity index (χ2n) is 6.53. The van der Waals surface area contributed by atoms with Crippen LogP contribution in [0.15, 0.2) is 18.3 Å². The fourth-order valence-electron chi connectivity index (χ4n) is 3.25. The van der Waals surface area contributed by atoms with Crippen LogP contribution in [0.1, 0.15) is 19.3 Å². The van der Waals surface area contributed by atoms with Gasteiger partial charge < -0.3 is 14.4 Å². The van der Waals surface area contributed by atoms with Gasteiger partial charge >= 0.3 is 12.5 Å². The summed E-state index contributed by atoms with van der Waals surface area (Å²) in [6.45, 7) is -0.650. The Labute approximate surface area is 156 Å². The standard InChI is InChI=1S/C16H16F5N3O4/c17-15(18)6-10(24-5-1-2-13(24)25)8-23(9-15)14(26)27-11-3-4-12(22-7-11)28-16(19,20)21/h3-4,7,10H,1-2,5-6,8-9H2/t10-/m1/s1. The number of rotatable bonds is 3. The van der Waals surface area contributed by atoms with Crippen molar-refractivity contribution in [3.8, 4) is 11.6 Å². The molecular formula is C16H16F5N3O4. The molecule has 0 saturated carbocycles. The molecule has 0 N–H and O–H groups in total. The van der Waals surface area contributed by atoms with Crippen LogP contribution in [0.4, 0.5) is 26.7 Å². The largest absolute Gasteiger partial charge is 0.574 e. The summed E-state index contributed by atoms with van der Waals surface area (Å²) >= 11 is 0. The molecule has 154 valence electrons. The zero-order valence-electron chi connectivity index (χ0n) is 14.4. The number of nitrogens with zero attached hydrogens (tertiary/aromatic N) is 3. The molecule has 0 unspecified atom stereocenters. The fraction of sp³-hybridized carbons (Fsp3) is 0.562. The average Bonchev–Trinajstić information content (AvgIpc) is 3.00. The maximum absolute atomic E-state index is 14.1. The van der Waals surface area contributed by atoms with Crippen LogP contribution >= 0.6 is 0 Å². The number of ether oxygens (including phenoxy) is 2. The highest BCUT2D eigenvalue weighted by Gasteiger charge is 2.46. The molecule has 28 heavy (non-hydrogen) atoms. The molecule has 0 bridgehead atoms. The molecule has 0 aliphatic carbocycles. The summed E-state index contributed by atoms with van der Waals surface area (Å²) in [5.74, 6) is -4.43. The van der Waals surface area contributed by atoms with Crippen LogP contribution < -0.4 is 9.47 Å². The molecule has 1 aromatic heterocycles. The maximum atomic E-state index is 14.1. The van der Waals surface area contributed by atoms with Crippen LogP contribution in [0.5, 0.6) is 11.6 Å². The van der Waals surface area contributed by atoms with Crippen LogP contribution in [0.25, 0.3) is 0 Å². The van der Waals surface area contributed by atoms with Crippen molar-refractivity contribution in [1.82, 2.24) is 14.8 Å². The number of hydrogen-bond donors (Lipinski definition) is 0. The molecule has 3 rings (SSSR count). The molecule has 2 saturated heterocycles. The lowest BCUT2D eigenvalue weighted by Crippen LogP contribution is -2.57. The minimum atomic E-state index is -4.92. The number of halogens is 5. The molecule has 0 radical (unpaired) electrons. The summed E-state index contributed by atoms with van der Waals surface area (Å²) < 4.78 is 73.0. The van der Waals surface area contributed by atoms with E-state index < -0.39 is 43.3 Å². The number of carbonyl (C=O) groups is 2. The highest BCUT2D eigenvalue weighted by Crippen LogP contribution is 2.32. The average molecular weight is 409 g/mol. The molecule has 0 aromatic carbocycles. The van der Waals surface area contributed by atoms with Crippen LogP contribution in [0.3, 0.4) is 0 Å². The number of carbonyl (C=O) groups excluding carboxylic acids is 2. The Hall–Kier alpha value is -2.66. The van der Waals surface area contributed by atoms with Gasteiger partial charge in [0.05, 0.1) is 18.8 Å². The zero-order chi connectivity index (χ0) is 20.5. The van der Waals surface area contributed by atoms with Crippen LogP contribution in [-0.4, -0.2) is 64.7 Å². The van der Waals surface area contributed by atoms with E-state index in [-0.39, 0.29) is 24.6 Å². The number of hydrogen-bond acceptors (Lipinski definition) is 5. The number of amides is 2. The number of aromatic nitrogens is 1. The number of likely N-dealkylation sites (tertiary alicyclic amines) is 2. The Bertz CT molecular complexity index is 741. The first-order valence-corrected chi connectivity index (χ1v) is 8.38. The Kier molecular flexibility index (Phi) is 5.31.